The Hall–Kier alpha value is -1.36. The normalized spacial score (nSPS) is 14.3. The van der Waals surface area contributed by atoms with E-state index < -0.39 is 11.5 Å². The summed E-state index contributed by atoms with van der Waals surface area (Å²) in [5.41, 5.74) is -1.04. The lowest BCUT2D eigenvalue weighted by Crippen LogP contribution is -2.42. The Bertz CT molecular complexity index is 355. The molecule has 0 saturated heterocycles. The van der Waals surface area contributed by atoms with Crippen LogP contribution in [0, 0.1) is 0 Å². The maximum absolute atomic E-state index is 11.0. The average Bonchev–Trinajstić information content (AvgIpc) is 2.21. The van der Waals surface area contributed by atoms with Crippen molar-refractivity contribution < 1.29 is 9.90 Å². The predicted molar refractivity (Wildman–Crippen MR) is 57.0 cm³/mol. The molecular formula is C9H12ClN3O2. The van der Waals surface area contributed by atoms with Gasteiger partial charge in [0.2, 0.25) is 0 Å². The predicted octanol–water partition coefficient (Wildman–Crippen LogP) is 1.80. The van der Waals surface area contributed by atoms with E-state index in [9.17, 15) is 4.79 Å². The second kappa shape index (κ2) is 4.44. The molecule has 0 aliphatic carbocycles. The minimum atomic E-state index is -1.04. The molecule has 82 valence electrons. The van der Waals surface area contributed by atoms with Gasteiger partial charge in [-0.05, 0) is 25.5 Å². The zero-order valence-electron chi connectivity index (χ0n) is 8.49. The van der Waals surface area contributed by atoms with Gasteiger partial charge in [0.15, 0.2) is 5.15 Å². The fourth-order valence-electron chi connectivity index (χ4n) is 0.958. The first-order valence-electron chi connectivity index (χ1n) is 4.49. The lowest BCUT2D eigenvalue weighted by atomic mass is 9.99. The highest BCUT2D eigenvalue weighted by atomic mass is 35.5. The number of anilines is 1. The maximum atomic E-state index is 11.0. The zero-order chi connectivity index (χ0) is 11.5. The second-order valence-electron chi connectivity index (χ2n) is 3.36. The van der Waals surface area contributed by atoms with Gasteiger partial charge in [-0.1, -0.05) is 18.5 Å². The number of carboxylic acid groups (broad SMARTS) is 1. The van der Waals surface area contributed by atoms with Crippen LogP contribution in [0.25, 0.3) is 0 Å². The van der Waals surface area contributed by atoms with Crippen LogP contribution in [0.4, 0.5) is 5.82 Å². The molecule has 0 saturated carbocycles. The largest absolute Gasteiger partial charge is 0.480 e. The van der Waals surface area contributed by atoms with Gasteiger partial charge in [0.1, 0.15) is 11.4 Å². The number of rotatable bonds is 4. The first-order valence-corrected chi connectivity index (χ1v) is 4.86. The lowest BCUT2D eigenvalue weighted by Gasteiger charge is -2.24. The Labute approximate surface area is 92.5 Å². The SMILES string of the molecule is CCC(C)(Nc1ccc(Cl)nn1)C(=O)O. The van der Waals surface area contributed by atoms with Crippen LogP contribution in [-0.4, -0.2) is 26.8 Å². The molecule has 0 amide bonds. The molecule has 0 aliphatic rings. The van der Waals surface area contributed by atoms with Gasteiger partial charge in [-0.2, -0.15) is 0 Å². The van der Waals surface area contributed by atoms with Crippen LogP contribution in [-0.2, 0) is 4.79 Å². The van der Waals surface area contributed by atoms with E-state index in [0.717, 1.165) is 0 Å². The number of nitrogens with one attached hydrogen (secondary N) is 1. The molecule has 0 radical (unpaired) electrons. The molecular weight excluding hydrogens is 218 g/mol. The van der Waals surface area contributed by atoms with Crippen LogP contribution < -0.4 is 5.32 Å². The maximum Gasteiger partial charge on any atom is 0.329 e. The molecule has 1 heterocycles. The third-order valence-electron chi connectivity index (χ3n) is 2.22. The number of hydrogen-bond acceptors (Lipinski definition) is 4. The summed E-state index contributed by atoms with van der Waals surface area (Å²) in [7, 11) is 0. The van der Waals surface area contributed by atoms with Gasteiger partial charge in [-0.3, -0.25) is 0 Å². The van der Waals surface area contributed by atoms with Gasteiger partial charge < -0.3 is 10.4 Å². The van der Waals surface area contributed by atoms with Gasteiger partial charge in [0.05, 0.1) is 0 Å². The van der Waals surface area contributed by atoms with Crippen LogP contribution in [0.15, 0.2) is 12.1 Å². The summed E-state index contributed by atoms with van der Waals surface area (Å²) in [5.74, 6) is -0.534. The summed E-state index contributed by atoms with van der Waals surface area (Å²) in [6, 6.07) is 3.14. The quantitative estimate of drug-likeness (QED) is 0.824. The molecule has 6 heteroatoms. The molecule has 5 nitrogen and oxygen atoms in total. The van der Waals surface area contributed by atoms with Crippen molar-refractivity contribution in [2.75, 3.05) is 5.32 Å². The van der Waals surface area contributed by atoms with Crippen LogP contribution in [0.1, 0.15) is 20.3 Å². The summed E-state index contributed by atoms with van der Waals surface area (Å²) < 4.78 is 0. The zero-order valence-corrected chi connectivity index (χ0v) is 9.25. The number of aliphatic carboxylic acids is 1. The van der Waals surface area contributed by atoms with Gasteiger partial charge in [0.25, 0.3) is 0 Å². The summed E-state index contributed by atoms with van der Waals surface area (Å²) in [5, 5.41) is 19.4. The van der Waals surface area contributed by atoms with E-state index in [1.807, 2.05) is 0 Å². The standard InChI is InChI=1S/C9H12ClN3O2/c1-3-9(2,8(14)15)11-7-5-4-6(10)12-13-7/h4-5H,3H2,1-2H3,(H,11,13)(H,14,15). The highest BCUT2D eigenvalue weighted by molar-refractivity contribution is 6.29. The lowest BCUT2D eigenvalue weighted by molar-refractivity contribution is -0.141. The van der Waals surface area contributed by atoms with E-state index in [4.69, 9.17) is 16.7 Å². The molecule has 1 aromatic heterocycles. The summed E-state index contributed by atoms with van der Waals surface area (Å²) in [4.78, 5) is 11.0. The molecule has 1 unspecified atom stereocenters. The third kappa shape index (κ3) is 2.79. The molecule has 0 fully saturated rings. The van der Waals surface area contributed by atoms with E-state index in [-0.39, 0.29) is 5.15 Å². The van der Waals surface area contributed by atoms with Crippen LogP contribution in [0.2, 0.25) is 5.15 Å². The Kier molecular flexibility index (Phi) is 3.47. The van der Waals surface area contributed by atoms with Crippen LogP contribution >= 0.6 is 11.6 Å². The van der Waals surface area contributed by atoms with Crippen molar-refractivity contribution in [1.82, 2.24) is 10.2 Å². The Morgan fingerprint density at radius 1 is 1.60 bits per heavy atom. The Balaban J connectivity index is 2.84. The van der Waals surface area contributed by atoms with Crippen molar-refractivity contribution in [1.29, 1.82) is 0 Å². The second-order valence-corrected chi connectivity index (χ2v) is 3.74. The number of nitrogens with zero attached hydrogens (tertiary/aromatic N) is 2. The number of carboxylic acids is 1. The van der Waals surface area contributed by atoms with Crippen LogP contribution in [0.3, 0.4) is 0 Å². The molecule has 2 N–H and O–H groups in total. The highest BCUT2D eigenvalue weighted by Gasteiger charge is 2.31. The number of hydrogen-bond donors (Lipinski definition) is 2. The van der Waals surface area contributed by atoms with E-state index in [1.165, 1.54) is 0 Å². The topological polar surface area (TPSA) is 75.1 Å². The molecule has 0 aliphatic heterocycles. The van der Waals surface area contributed by atoms with Gasteiger partial charge in [-0.25, -0.2) is 4.79 Å². The number of carbonyl (C=O) groups is 1. The Morgan fingerprint density at radius 2 is 2.27 bits per heavy atom. The minimum Gasteiger partial charge on any atom is -0.480 e. The molecule has 0 bridgehead atoms. The molecule has 0 spiro atoms. The summed E-state index contributed by atoms with van der Waals surface area (Å²) in [6.45, 7) is 3.37. The molecule has 1 aromatic rings. The smallest absolute Gasteiger partial charge is 0.329 e. The van der Waals surface area contributed by atoms with E-state index in [1.54, 1.807) is 26.0 Å². The van der Waals surface area contributed by atoms with Gasteiger partial charge in [0, 0.05) is 0 Å². The fourth-order valence-corrected chi connectivity index (χ4v) is 1.06. The Morgan fingerprint density at radius 3 is 2.67 bits per heavy atom. The van der Waals surface area contributed by atoms with Crippen molar-refractivity contribution in [2.24, 2.45) is 0 Å². The number of halogens is 1. The number of aromatic nitrogens is 2. The van der Waals surface area contributed by atoms with E-state index in [2.05, 4.69) is 15.5 Å². The summed E-state index contributed by atoms with van der Waals surface area (Å²) in [6.07, 6.45) is 0.437. The van der Waals surface area contributed by atoms with Gasteiger partial charge >= 0.3 is 5.97 Å². The molecule has 15 heavy (non-hydrogen) atoms. The first kappa shape index (κ1) is 11.7. The van der Waals surface area contributed by atoms with E-state index in [0.29, 0.717) is 12.2 Å². The van der Waals surface area contributed by atoms with Crippen molar-refractivity contribution in [3.8, 4) is 0 Å². The highest BCUT2D eigenvalue weighted by Crippen LogP contribution is 2.17. The molecule has 1 rings (SSSR count). The van der Waals surface area contributed by atoms with Crippen molar-refractivity contribution in [2.45, 2.75) is 25.8 Å². The van der Waals surface area contributed by atoms with E-state index >= 15 is 0 Å². The monoisotopic (exact) mass is 229 g/mol. The minimum absolute atomic E-state index is 0.272. The van der Waals surface area contributed by atoms with Crippen molar-refractivity contribution in [3.05, 3.63) is 17.3 Å². The summed E-state index contributed by atoms with van der Waals surface area (Å²) >= 11 is 5.56. The first-order chi connectivity index (χ1) is 6.98. The van der Waals surface area contributed by atoms with Crippen molar-refractivity contribution in [3.63, 3.8) is 0 Å². The molecule has 1 atom stereocenters. The fraction of sp³-hybridized carbons (Fsp3) is 0.444. The average molecular weight is 230 g/mol. The third-order valence-corrected chi connectivity index (χ3v) is 2.42. The van der Waals surface area contributed by atoms with Crippen molar-refractivity contribution >= 4 is 23.4 Å². The van der Waals surface area contributed by atoms with Gasteiger partial charge in [-0.15, -0.1) is 10.2 Å². The van der Waals surface area contributed by atoms with Crippen LogP contribution in [0.5, 0.6) is 0 Å². The molecule has 0 aromatic carbocycles.